The molecule has 0 aliphatic carbocycles. The lowest BCUT2D eigenvalue weighted by atomic mass is 9.83. The molecule has 2 N–H and O–H groups in total. The van der Waals surface area contributed by atoms with Crippen LogP contribution in [0.5, 0.6) is 0 Å². The van der Waals surface area contributed by atoms with Gasteiger partial charge in [-0.15, -0.1) is 0 Å². The summed E-state index contributed by atoms with van der Waals surface area (Å²) in [5.41, 5.74) is -1.15. The van der Waals surface area contributed by atoms with E-state index >= 15 is 0 Å². The molecule has 0 radical (unpaired) electrons. The van der Waals surface area contributed by atoms with Crippen molar-refractivity contribution in [3.8, 4) is 0 Å². The maximum atomic E-state index is 14.1. The van der Waals surface area contributed by atoms with Crippen LogP contribution in [0.2, 0.25) is 0 Å². The molecule has 1 aromatic carbocycles. The molecule has 2 aromatic rings. The third-order valence-electron chi connectivity index (χ3n) is 4.40. The van der Waals surface area contributed by atoms with Gasteiger partial charge < -0.3 is 5.32 Å². The number of nitrogens with zero attached hydrogens (tertiary/aromatic N) is 1. The van der Waals surface area contributed by atoms with Gasteiger partial charge in [-0.25, -0.2) is 13.6 Å². The average Bonchev–Trinajstić information content (AvgIpc) is 2.49. The fraction of sp³-hybridized carbons (Fsp3) is 0.375. The van der Waals surface area contributed by atoms with Gasteiger partial charge in [0.05, 0.1) is 11.1 Å². The Labute approximate surface area is 131 Å². The van der Waals surface area contributed by atoms with Crippen LogP contribution in [0.4, 0.5) is 14.6 Å². The minimum Gasteiger partial charge on any atom is -0.362 e. The van der Waals surface area contributed by atoms with Crippen molar-refractivity contribution in [2.75, 3.05) is 5.32 Å². The quantitative estimate of drug-likeness (QED) is 0.890. The molecule has 0 saturated carbocycles. The second-order valence-corrected chi connectivity index (χ2v) is 5.91. The lowest BCUT2D eigenvalue weighted by Crippen LogP contribution is -2.44. The van der Waals surface area contributed by atoms with Crippen molar-refractivity contribution in [1.82, 2.24) is 9.55 Å². The molecule has 1 aromatic heterocycles. The van der Waals surface area contributed by atoms with Crippen molar-refractivity contribution in [2.24, 2.45) is 0 Å². The minimum absolute atomic E-state index is 0.170. The molecule has 0 spiro atoms. The number of aromatic amines is 1. The number of anilines is 1. The highest BCUT2D eigenvalue weighted by atomic mass is 19.1. The van der Waals surface area contributed by atoms with E-state index in [9.17, 15) is 18.4 Å². The van der Waals surface area contributed by atoms with E-state index in [4.69, 9.17) is 0 Å². The molecule has 7 heteroatoms. The minimum atomic E-state index is -0.910. The van der Waals surface area contributed by atoms with E-state index < -0.39 is 22.9 Å². The molecular weight excluding hydrogens is 304 g/mol. The SMILES string of the molecule is CCn1c(=O)[nH]c2c(c1=O)CC[C@](C)(c1cc(F)ccc1F)N2. The monoisotopic (exact) mass is 321 g/mol. The fourth-order valence-corrected chi connectivity index (χ4v) is 3.07. The molecule has 1 atom stereocenters. The van der Waals surface area contributed by atoms with Crippen LogP contribution in [0.25, 0.3) is 0 Å². The second kappa shape index (κ2) is 5.33. The summed E-state index contributed by atoms with van der Waals surface area (Å²) in [5, 5.41) is 3.02. The third-order valence-corrected chi connectivity index (χ3v) is 4.40. The van der Waals surface area contributed by atoms with Crippen LogP contribution in [0, 0.1) is 11.6 Å². The number of rotatable bonds is 2. The smallest absolute Gasteiger partial charge is 0.329 e. The van der Waals surface area contributed by atoms with E-state index in [0.717, 1.165) is 22.8 Å². The summed E-state index contributed by atoms with van der Waals surface area (Å²) in [5.74, 6) is -0.790. The van der Waals surface area contributed by atoms with Gasteiger partial charge in [0.15, 0.2) is 0 Å². The van der Waals surface area contributed by atoms with Crippen LogP contribution in [0.1, 0.15) is 31.4 Å². The molecular formula is C16H17F2N3O2. The normalized spacial score (nSPS) is 20.0. The zero-order valence-electron chi connectivity index (χ0n) is 12.9. The van der Waals surface area contributed by atoms with Crippen molar-refractivity contribution in [3.05, 3.63) is 61.8 Å². The first-order valence-corrected chi connectivity index (χ1v) is 7.45. The first-order valence-electron chi connectivity index (χ1n) is 7.45. The molecule has 1 aliphatic heterocycles. The topological polar surface area (TPSA) is 66.9 Å². The Kier molecular flexibility index (Phi) is 3.58. The van der Waals surface area contributed by atoms with E-state index in [1.54, 1.807) is 13.8 Å². The number of halogens is 2. The number of hydrogen-bond donors (Lipinski definition) is 2. The second-order valence-electron chi connectivity index (χ2n) is 5.91. The Bertz CT molecular complexity index is 888. The van der Waals surface area contributed by atoms with Crippen molar-refractivity contribution >= 4 is 5.82 Å². The summed E-state index contributed by atoms with van der Waals surface area (Å²) in [4.78, 5) is 26.9. The van der Waals surface area contributed by atoms with Crippen LogP contribution in [-0.2, 0) is 18.5 Å². The number of fused-ring (bicyclic) bond motifs is 1. The standard InChI is InChI=1S/C16H17F2N3O2/c1-3-21-14(22)10-6-7-16(2,20-13(10)19-15(21)23)11-8-9(17)4-5-12(11)18/h4-5,8,20H,3,6-7H2,1-2H3,(H,19,23)/t16-/m1/s1. The van der Waals surface area contributed by atoms with E-state index in [2.05, 4.69) is 10.3 Å². The summed E-state index contributed by atoms with van der Waals surface area (Å²) < 4.78 is 28.7. The first kappa shape index (κ1) is 15.5. The number of H-pyrrole nitrogens is 1. The van der Waals surface area contributed by atoms with Gasteiger partial charge in [-0.3, -0.25) is 14.3 Å². The van der Waals surface area contributed by atoms with Crippen molar-refractivity contribution in [3.63, 3.8) is 0 Å². The molecule has 0 saturated heterocycles. The van der Waals surface area contributed by atoms with Gasteiger partial charge in [-0.05, 0) is 44.9 Å². The lowest BCUT2D eigenvalue weighted by Gasteiger charge is -2.37. The van der Waals surface area contributed by atoms with Crippen molar-refractivity contribution in [2.45, 2.75) is 38.8 Å². The molecule has 0 bridgehead atoms. The van der Waals surface area contributed by atoms with Gasteiger partial charge in [-0.2, -0.15) is 0 Å². The highest BCUT2D eigenvalue weighted by Gasteiger charge is 2.35. The lowest BCUT2D eigenvalue weighted by molar-refractivity contribution is 0.438. The Morgan fingerprint density at radius 3 is 2.74 bits per heavy atom. The summed E-state index contributed by atoms with van der Waals surface area (Å²) >= 11 is 0. The molecule has 2 heterocycles. The molecule has 0 amide bonds. The Hall–Kier alpha value is -2.44. The zero-order chi connectivity index (χ0) is 16.8. The van der Waals surface area contributed by atoms with Crippen LogP contribution in [0.15, 0.2) is 27.8 Å². The number of nitrogens with one attached hydrogen (secondary N) is 2. The molecule has 122 valence electrons. The molecule has 0 fully saturated rings. The summed E-state index contributed by atoms with van der Waals surface area (Å²) in [6, 6.07) is 3.27. The highest BCUT2D eigenvalue weighted by molar-refractivity contribution is 5.50. The maximum Gasteiger partial charge on any atom is 0.329 e. The van der Waals surface area contributed by atoms with Crippen molar-refractivity contribution < 1.29 is 8.78 Å². The fourth-order valence-electron chi connectivity index (χ4n) is 3.07. The Morgan fingerprint density at radius 2 is 2.04 bits per heavy atom. The van der Waals surface area contributed by atoms with E-state index in [0.29, 0.717) is 18.4 Å². The number of aromatic nitrogens is 2. The van der Waals surface area contributed by atoms with E-state index in [-0.39, 0.29) is 23.5 Å². The number of hydrogen-bond acceptors (Lipinski definition) is 3. The Balaban J connectivity index is 2.11. The van der Waals surface area contributed by atoms with Crippen LogP contribution >= 0.6 is 0 Å². The predicted octanol–water partition coefficient (Wildman–Crippen LogP) is 2.11. The van der Waals surface area contributed by atoms with Crippen LogP contribution < -0.4 is 16.6 Å². The van der Waals surface area contributed by atoms with Crippen LogP contribution in [-0.4, -0.2) is 9.55 Å². The van der Waals surface area contributed by atoms with Gasteiger partial charge in [0, 0.05) is 12.1 Å². The third kappa shape index (κ3) is 2.46. The predicted molar refractivity (Wildman–Crippen MR) is 82.7 cm³/mol. The Morgan fingerprint density at radius 1 is 1.30 bits per heavy atom. The zero-order valence-corrected chi connectivity index (χ0v) is 12.9. The van der Waals surface area contributed by atoms with Gasteiger partial charge in [-0.1, -0.05) is 0 Å². The summed E-state index contributed by atoms with van der Waals surface area (Å²) in [6.45, 7) is 3.71. The summed E-state index contributed by atoms with van der Waals surface area (Å²) in [7, 11) is 0. The number of benzene rings is 1. The van der Waals surface area contributed by atoms with Gasteiger partial charge in [0.1, 0.15) is 17.5 Å². The van der Waals surface area contributed by atoms with Gasteiger partial charge in [0.2, 0.25) is 0 Å². The summed E-state index contributed by atoms with van der Waals surface area (Å²) in [6.07, 6.45) is 0.774. The maximum absolute atomic E-state index is 14.1. The first-order chi connectivity index (χ1) is 10.9. The van der Waals surface area contributed by atoms with Crippen LogP contribution in [0.3, 0.4) is 0 Å². The largest absolute Gasteiger partial charge is 0.362 e. The highest BCUT2D eigenvalue weighted by Crippen LogP contribution is 2.36. The molecule has 5 nitrogen and oxygen atoms in total. The van der Waals surface area contributed by atoms with Crippen molar-refractivity contribution in [1.29, 1.82) is 0 Å². The van der Waals surface area contributed by atoms with E-state index in [1.165, 1.54) is 0 Å². The van der Waals surface area contributed by atoms with E-state index in [1.807, 2.05) is 0 Å². The molecule has 3 rings (SSSR count). The molecule has 23 heavy (non-hydrogen) atoms. The van der Waals surface area contributed by atoms with Gasteiger partial charge in [0.25, 0.3) is 5.56 Å². The van der Waals surface area contributed by atoms with Gasteiger partial charge >= 0.3 is 5.69 Å². The molecule has 1 aliphatic rings. The average molecular weight is 321 g/mol. The molecule has 0 unspecified atom stereocenters.